The molecule has 0 aliphatic rings. The zero-order valence-corrected chi connectivity index (χ0v) is 15.1. The van der Waals surface area contributed by atoms with Crippen molar-refractivity contribution in [1.29, 1.82) is 0 Å². The van der Waals surface area contributed by atoms with Crippen molar-refractivity contribution < 1.29 is 9.00 Å². The van der Waals surface area contributed by atoms with Gasteiger partial charge in [0, 0.05) is 40.4 Å². The summed E-state index contributed by atoms with van der Waals surface area (Å²) in [7, 11) is -0.916. The Balaban J connectivity index is 2.15. The van der Waals surface area contributed by atoms with E-state index >= 15 is 0 Å². The van der Waals surface area contributed by atoms with Gasteiger partial charge in [0.15, 0.2) is 0 Å². The van der Waals surface area contributed by atoms with Gasteiger partial charge >= 0.3 is 0 Å². The number of benzene rings is 1. The number of nitrogens with zero attached hydrogens (tertiary/aromatic N) is 1. The van der Waals surface area contributed by atoms with Gasteiger partial charge in [0.2, 0.25) is 0 Å². The largest absolute Gasteiger partial charge is 0.351 e. The Morgan fingerprint density at radius 1 is 1.26 bits per heavy atom. The smallest absolute Gasteiger partial charge is 0.254 e. The number of hydrogen-bond acceptors (Lipinski definition) is 4. The third-order valence-electron chi connectivity index (χ3n) is 3.38. The highest BCUT2D eigenvalue weighted by Crippen LogP contribution is 2.29. The van der Waals surface area contributed by atoms with Crippen LogP contribution in [-0.4, -0.2) is 33.7 Å². The van der Waals surface area contributed by atoms with Crippen LogP contribution < -0.4 is 5.32 Å². The summed E-state index contributed by atoms with van der Waals surface area (Å²) in [6, 6.07) is 9.70. The van der Waals surface area contributed by atoms with Crippen molar-refractivity contribution in [2.45, 2.75) is 23.8 Å². The molecule has 0 bridgehead atoms. The zero-order valence-electron chi connectivity index (χ0n) is 13.5. The van der Waals surface area contributed by atoms with Gasteiger partial charge in [-0.2, -0.15) is 0 Å². The van der Waals surface area contributed by atoms with Crippen molar-refractivity contribution in [3.63, 3.8) is 0 Å². The van der Waals surface area contributed by atoms with Crippen LogP contribution >= 0.6 is 11.8 Å². The van der Waals surface area contributed by atoms with Gasteiger partial charge in [-0.3, -0.25) is 9.00 Å². The zero-order chi connectivity index (χ0) is 16.8. The van der Waals surface area contributed by atoms with Gasteiger partial charge < -0.3 is 5.32 Å². The van der Waals surface area contributed by atoms with Crippen LogP contribution in [0.5, 0.6) is 0 Å². The minimum Gasteiger partial charge on any atom is -0.351 e. The molecule has 1 N–H and O–H groups in total. The number of aromatic nitrogens is 1. The highest BCUT2D eigenvalue weighted by Gasteiger charge is 2.13. The summed E-state index contributed by atoms with van der Waals surface area (Å²) in [5, 5.41) is 3.46. The molecule has 4 nitrogen and oxygen atoms in total. The van der Waals surface area contributed by atoms with E-state index in [1.165, 1.54) is 22.9 Å². The number of amides is 1. The van der Waals surface area contributed by atoms with E-state index in [4.69, 9.17) is 0 Å². The van der Waals surface area contributed by atoms with Gasteiger partial charge in [-0.25, -0.2) is 4.98 Å². The Morgan fingerprint density at radius 2 is 2.04 bits per heavy atom. The van der Waals surface area contributed by atoms with E-state index in [0.717, 1.165) is 4.90 Å². The van der Waals surface area contributed by atoms with Crippen LogP contribution in [0.25, 0.3) is 0 Å². The molecule has 0 fully saturated rings. The summed E-state index contributed by atoms with van der Waals surface area (Å²) in [4.78, 5) is 17.7. The molecule has 6 heteroatoms. The molecule has 122 valence electrons. The maximum absolute atomic E-state index is 12.3. The summed E-state index contributed by atoms with van der Waals surface area (Å²) in [5.41, 5.74) is 2.99. The third kappa shape index (κ3) is 5.18. The number of aryl methyl sites for hydroxylation is 2. The molecule has 0 radical (unpaired) electrons. The van der Waals surface area contributed by atoms with Crippen LogP contribution in [0.1, 0.15) is 21.5 Å². The molecule has 0 spiro atoms. The number of carbonyl (C=O) groups excluding carboxylic acids is 1. The average molecular weight is 348 g/mol. The number of rotatable bonds is 6. The van der Waals surface area contributed by atoms with E-state index in [2.05, 4.69) is 36.3 Å². The fourth-order valence-corrected chi connectivity index (χ4v) is 3.31. The molecule has 23 heavy (non-hydrogen) atoms. The standard InChI is InChI=1S/C17H20N2O2S2/c1-12-6-7-14(11-13(12)2)22-17-15(5-4-8-19-17)16(20)18-9-10-23(3)21/h4-8,11H,9-10H2,1-3H3,(H,18,20)/t23-/m0/s1. The normalized spacial score (nSPS) is 12.0. The predicted molar refractivity (Wildman–Crippen MR) is 95.5 cm³/mol. The molecule has 2 aromatic rings. The van der Waals surface area contributed by atoms with Gasteiger partial charge in [0.05, 0.1) is 5.56 Å². The first-order valence-corrected chi connectivity index (χ1v) is 9.80. The Kier molecular flexibility index (Phi) is 6.36. The lowest BCUT2D eigenvalue weighted by Crippen LogP contribution is -2.28. The van der Waals surface area contributed by atoms with Gasteiger partial charge in [0.1, 0.15) is 5.03 Å². The van der Waals surface area contributed by atoms with Gasteiger partial charge in [-0.05, 0) is 49.2 Å². The summed E-state index contributed by atoms with van der Waals surface area (Å²) in [6.07, 6.45) is 3.30. The molecule has 1 heterocycles. The first-order chi connectivity index (χ1) is 11.0. The third-order valence-corrected chi connectivity index (χ3v) is 5.17. The molecule has 1 aromatic carbocycles. The van der Waals surface area contributed by atoms with E-state index in [1.807, 2.05) is 6.07 Å². The van der Waals surface area contributed by atoms with Gasteiger partial charge in [-0.15, -0.1) is 0 Å². The van der Waals surface area contributed by atoms with Crippen molar-refractivity contribution in [3.8, 4) is 0 Å². The first kappa shape index (κ1) is 17.7. The van der Waals surface area contributed by atoms with Crippen LogP contribution in [0.3, 0.4) is 0 Å². The molecule has 1 atom stereocenters. The average Bonchev–Trinajstić information content (AvgIpc) is 2.51. The predicted octanol–water partition coefficient (Wildman–Crippen LogP) is 2.96. The minimum atomic E-state index is -0.916. The van der Waals surface area contributed by atoms with E-state index in [0.29, 0.717) is 22.9 Å². The summed E-state index contributed by atoms with van der Waals surface area (Å²) >= 11 is 1.47. The number of hydrogen-bond donors (Lipinski definition) is 1. The molecular formula is C17H20N2O2S2. The summed E-state index contributed by atoms with van der Waals surface area (Å²) in [5.74, 6) is 0.265. The van der Waals surface area contributed by atoms with Crippen LogP contribution in [0.2, 0.25) is 0 Å². The molecule has 0 aliphatic heterocycles. The second-order valence-corrected chi connectivity index (χ2v) is 7.85. The number of nitrogens with one attached hydrogen (secondary N) is 1. The maximum atomic E-state index is 12.3. The van der Waals surface area contributed by atoms with Crippen LogP contribution in [0.15, 0.2) is 46.5 Å². The van der Waals surface area contributed by atoms with Gasteiger partial charge in [-0.1, -0.05) is 17.8 Å². The van der Waals surface area contributed by atoms with E-state index in [9.17, 15) is 9.00 Å². The Labute approximate surface area is 143 Å². The molecule has 0 unspecified atom stereocenters. The highest BCUT2D eigenvalue weighted by atomic mass is 32.2. The van der Waals surface area contributed by atoms with Crippen LogP contribution in [0, 0.1) is 13.8 Å². The van der Waals surface area contributed by atoms with Crippen LogP contribution in [0.4, 0.5) is 0 Å². The van der Waals surface area contributed by atoms with Crippen molar-refractivity contribution in [2.75, 3.05) is 18.6 Å². The second kappa shape index (κ2) is 8.26. The Morgan fingerprint density at radius 3 is 2.74 bits per heavy atom. The molecular weight excluding hydrogens is 328 g/mol. The fourth-order valence-electron chi connectivity index (χ4n) is 1.94. The highest BCUT2D eigenvalue weighted by molar-refractivity contribution is 7.99. The second-order valence-electron chi connectivity index (χ2n) is 5.24. The lowest BCUT2D eigenvalue weighted by molar-refractivity contribution is 0.0952. The first-order valence-electron chi connectivity index (χ1n) is 7.25. The lowest BCUT2D eigenvalue weighted by Gasteiger charge is -2.09. The lowest BCUT2D eigenvalue weighted by atomic mass is 10.1. The van der Waals surface area contributed by atoms with E-state index in [-0.39, 0.29) is 5.91 Å². The SMILES string of the molecule is Cc1ccc(Sc2ncccc2C(=O)NCC[S@](C)=O)cc1C. The summed E-state index contributed by atoms with van der Waals surface area (Å²) < 4.78 is 11.1. The van der Waals surface area contributed by atoms with E-state index < -0.39 is 10.8 Å². The van der Waals surface area contributed by atoms with Crippen molar-refractivity contribution in [1.82, 2.24) is 10.3 Å². The molecule has 0 aliphatic carbocycles. The maximum Gasteiger partial charge on any atom is 0.254 e. The molecule has 2 rings (SSSR count). The molecule has 0 saturated heterocycles. The number of carbonyl (C=O) groups is 1. The number of pyridine rings is 1. The van der Waals surface area contributed by atoms with E-state index in [1.54, 1.807) is 24.6 Å². The monoisotopic (exact) mass is 348 g/mol. The van der Waals surface area contributed by atoms with Crippen molar-refractivity contribution >= 4 is 28.5 Å². The minimum absolute atomic E-state index is 0.185. The summed E-state index contributed by atoms with van der Waals surface area (Å²) in [6.45, 7) is 4.53. The van der Waals surface area contributed by atoms with Gasteiger partial charge in [0.25, 0.3) is 5.91 Å². The fraction of sp³-hybridized carbons (Fsp3) is 0.294. The Hall–Kier alpha value is -1.66. The van der Waals surface area contributed by atoms with Crippen molar-refractivity contribution in [3.05, 3.63) is 53.2 Å². The van der Waals surface area contributed by atoms with Crippen LogP contribution in [-0.2, 0) is 10.8 Å². The molecule has 0 saturated carbocycles. The molecule has 1 aromatic heterocycles. The molecule has 1 amide bonds. The Bertz CT molecular complexity index is 732. The quantitative estimate of drug-likeness (QED) is 0.872. The van der Waals surface area contributed by atoms with Crippen molar-refractivity contribution in [2.24, 2.45) is 0 Å². The topological polar surface area (TPSA) is 59.1 Å².